The SMILES string of the molecule is CO[C@H]1C[C@H](NC2CCC(C3(C)Oc4c(Cl)cc(C(=O)NCc5c(SC)cc(C)[nH]c5=O)c(C)c4O3)CC2)C1. The zero-order chi connectivity index (χ0) is 27.9. The van der Waals surface area contributed by atoms with Gasteiger partial charge in [0, 0.05) is 65.9 Å². The second kappa shape index (κ2) is 11.4. The molecule has 1 aromatic heterocycles. The largest absolute Gasteiger partial charge is 0.448 e. The molecular formula is C29H38ClN3O5S. The van der Waals surface area contributed by atoms with Crippen LogP contribution in [0.2, 0.25) is 5.02 Å². The molecule has 212 valence electrons. The molecule has 2 saturated carbocycles. The lowest BCUT2D eigenvalue weighted by Crippen LogP contribution is -2.52. The van der Waals surface area contributed by atoms with Crippen molar-refractivity contribution in [2.75, 3.05) is 13.4 Å². The fourth-order valence-electron chi connectivity index (χ4n) is 6.06. The Morgan fingerprint density at radius 2 is 1.85 bits per heavy atom. The third-order valence-corrected chi connectivity index (χ3v) is 9.62. The number of hydrogen-bond acceptors (Lipinski definition) is 7. The number of nitrogens with one attached hydrogen (secondary N) is 3. The quantitative estimate of drug-likeness (QED) is 0.376. The Hall–Kier alpha value is -2.20. The Morgan fingerprint density at radius 3 is 2.51 bits per heavy atom. The molecule has 1 atom stereocenters. The van der Waals surface area contributed by atoms with Gasteiger partial charge in [0.25, 0.3) is 17.3 Å². The van der Waals surface area contributed by atoms with Gasteiger partial charge in [0.05, 0.1) is 11.1 Å². The Kier molecular flexibility index (Phi) is 8.25. The maximum Gasteiger partial charge on any atom is 0.254 e. The molecule has 0 radical (unpaired) electrons. The number of methoxy groups -OCH3 is 1. The van der Waals surface area contributed by atoms with Crippen molar-refractivity contribution in [2.24, 2.45) is 5.92 Å². The Bertz CT molecular complexity index is 1300. The first kappa shape index (κ1) is 28.3. The highest BCUT2D eigenvalue weighted by atomic mass is 35.5. The van der Waals surface area contributed by atoms with Gasteiger partial charge in [0.1, 0.15) is 0 Å². The highest BCUT2D eigenvalue weighted by molar-refractivity contribution is 7.98. The molecule has 1 aliphatic heterocycles. The predicted octanol–water partition coefficient (Wildman–Crippen LogP) is 5.11. The summed E-state index contributed by atoms with van der Waals surface area (Å²) in [4.78, 5) is 29.4. The smallest absolute Gasteiger partial charge is 0.254 e. The molecule has 2 aliphatic carbocycles. The van der Waals surface area contributed by atoms with Crippen LogP contribution in [0.3, 0.4) is 0 Å². The number of carbonyl (C=O) groups is 1. The van der Waals surface area contributed by atoms with Crippen LogP contribution >= 0.6 is 23.4 Å². The minimum atomic E-state index is -0.836. The van der Waals surface area contributed by atoms with Crippen molar-refractivity contribution in [3.05, 3.63) is 49.9 Å². The summed E-state index contributed by atoms with van der Waals surface area (Å²) in [5, 5.41) is 7.02. The van der Waals surface area contributed by atoms with Crippen LogP contribution in [0, 0.1) is 19.8 Å². The number of H-pyrrole nitrogens is 1. The normalized spacial score (nSPS) is 27.7. The Morgan fingerprint density at radius 1 is 1.15 bits per heavy atom. The summed E-state index contributed by atoms with van der Waals surface area (Å²) >= 11 is 8.10. The van der Waals surface area contributed by atoms with Crippen molar-refractivity contribution in [1.29, 1.82) is 0 Å². The third kappa shape index (κ3) is 5.69. The Balaban J connectivity index is 1.24. The number of fused-ring (bicyclic) bond motifs is 1. The van der Waals surface area contributed by atoms with Crippen LogP contribution in [-0.4, -0.2) is 48.2 Å². The molecule has 1 unspecified atom stereocenters. The molecule has 2 fully saturated rings. The first-order valence-corrected chi connectivity index (χ1v) is 15.3. The lowest BCUT2D eigenvalue weighted by atomic mass is 9.80. The van der Waals surface area contributed by atoms with Crippen LogP contribution in [-0.2, 0) is 11.3 Å². The molecule has 10 heteroatoms. The molecule has 3 N–H and O–H groups in total. The molecule has 1 aromatic carbocycles. The van der Waals surface area contributed by atoms with Crippen molar-refractivity contribution >= 4 is 29.3 Å². The Labute approximate surface area is 238 Å². The van der Waals surface area contributed by atoms with Gasteiger partial charge in [-0.25, -0.2) is 0 Å². The molecule has 8 nitrogen and oxygen atoms in total. The summed E-state index contributed by atoms with van der Waals surface area (Å²) in [5.41, 5.74) is 2.19. The van der Waals surface area contributed by atoms with Crippen molar-refractivity contribution in [3.63, 3.8) is 0 Å². The van der Waals surface area contributed by atoms with Crippen molar-refractivity contribution < 1.29 is 19.0 Å². The van der Waals surface area contributed by atoms with Gasteiger partial charge < -0.3 is 29.8 Å². The van der Waals surface area contributed by atoms with E-state index in [0.29, 0.717) is 51.4 Å². The van der Waals surface area contributed by atoms with Gasteiger partial charge in [0.15, 0.2) is 11.5 Å². The van der Waals surface area contributed by atoms with Gasteiger partial charge in [-0.2, -0.15) is 0 Å². The van der Waals surface area contributed by atoms with E-state index in [-0.39, 0.29) is 23.9 Å². The molecule has 39 heavy (non-hydrogen) atoms. The fourth-order valence-corrected chi connectivity index (χ4v) is 7.00. The number of thioether (sulfide) groups is 1. The zero-order valence-electron chi connectivity index (χ0n) is 23.2. The average Bonchev–Trinajstić information content (AvgIpc) is 3.27. The molecule has 2 heterocycles. The lowest BCUT2D eigenvalue weighted by molar-refractivity contribution is -0.122. The summed E-state index contributed by atoms with van der Waals surface area (Å²) in [5.74, 6) is 0.0695. The number of pyridine rings is 1. The van der Waals surface area contributed by atoms with Crippen LogP contribution in [0.15, 0.2) is 21.8 Å². The van der Waals surface area contributed by atoms with Gasteiger partial charge in [-0.05, 0) is 70.8 Å². The number of rotatable bonds is 8. The van der Waals surface area contributed by atoms with E-state index in [2.05, 4.69) is 15.6 Å². The van der Waals surface area contributed by atoms with Gasteiger partial charge >= 0.3 is 0 Å². The number of halogens is 1. The van der Waals surface area contributed by atoms with Gasteiger partial charge in [-0.3, -0.25) is 9.59 Å². The molecule has 0 bridgehead atoms. The number of hydrogen-bond donors (Lipinski definition) is 3. The predicted molar refractivity (Wildman–Crippen MR) is 153 cm³/mol. The number of ether oxygens (including phenoxy) is 3. The summed E-state index contributed by atoms with van der Waals surface area (Å²) in [6.07, 6.45) is 8.57. The molecule has 0 spiro atoms. The second-order valence-electron chi connectivity index (χ2n) is 11.2. The summed E-state index contributed by atoms with van der Waals surface area (Å²) in [7, 11) is 1.78. The third-order valence-electron chi connectivity index (χ3n) is 8.54. The maximum absolute atomic E-state index is 13.2. The van der Waals surface area contributed by atoms with Crippen LogP contribution in [0.5, 0.6) is 11.5 Å². The van der Waals surface area contributed by atoms with Gasteiger partial charge in [0.2, 0.25) is 0 Å². The van der Waals surface area contributed by atoms with Gasteiger partial charge in [-0.15, -0.1) is 11.8 Å². The van der Waals surface area contributed by atoms with E-state index in [1.54, 1.807) is 13.2 Å². The van der Waals surface area contributed by atoms with Crippen LogP contribution < -0.4 is 25.7 Å². The topological polar surface area (TPSA) is 102 Å². The molecule has 2 aromatic rings. The van der Waals surface area contributed by atoms with E-state index in [0.717, 1.165) is 49.1 Å². The molecule has 1 amide bonds. The van der Waals surface area contributed by atoms with Crippen LogP contribution in [0.25, 0.3) is 0 Å². The highest BCUT2D eigenvalue weighted by Gasteiger charge is 2.47. The second-order valence-corrected chi connectivity index (χ2v) is 12.4. The lowest BCUT2D eigenvalue weighted by Gasteiger charge is -2.41. The fraction of sp³-hybridized carbons (Fsp3) is 0.586. The molecule has 3 aliphatic rings. The molecule has 5 rings (SSSR count). The van der Waals surface area contributed by atoms with Crippen LogP contribution in [0.1, 0.15) is 72.6 Å². The number of aromatic nitrogens is 1. The van der Waals surface area contributed by atoms with E-state index >= 15 is 0 Å². The first-order valence-electron chi connectivity index (χ1n) is 13.7. The van der Waals surface area contributed by atoms with E-state index in [4.69, 9.17) is 25.8 Å². The standard InChI is InChI=1S/C29H38ClN3O5S/c1-15-10-24(39-5)22(28(35)32-15)14-31-27(34)21-13-23(30)26-25(16(21)2)37-29(3,38-26)17-6-8-18(9-7-17)33-19-11-20(12-19)36-4/h10,13,17-20,33H,6-9,11-12,14H2,1-5H3,(H,31,34)(H,32,35)/t17?,18?,19-,20-,29?. The molecule has 0 saturated heterocycles. The highest BCUT2D eigenvalue weighted by Crippen LogP contribution is 2.51. The van der Waals surface area contributed by atoms with E-state index in [1.807, 2.05) is 33.1 Å². The van der Waals surface area contributed by atoms with E-state index in [1.165, 1.54) is 11.8 Å². The summed E-state index contributed by atoms with van der Waals surface area (Å²) in [6, 6.07) is 4.59. The summed E-state index contributed by atoms with van der Waals surface area (Å²) < 4.78 is 18.2. The number of carbonyl (C=O) groups excluding carboxylic acids is 1. The summed E-state index contributed by atoms with van der Waals surface area (Å²) in [6.45, 7) is 5.77. The van der Waals surface area contributed by atoms with Crippen molar-refractivity contribution in [2.45, 2.75) is 94.7 Å². The zero-order valence-corrected chi connectivity index (χ0v) is 24.8. The van der Waals surface area contributed by atoms with E-state index in [9.17, 15) is 9.59 Å². The van der Waals surface area contributed by atoms with Crippen LogP contribution in [0.4, 0.5) is 0 Å². The van der Waals surface area contributed by atoms with Crippen molar-refractivity contribution in [1.82, 2.24) is 15.6 Å². The number of aromatic amines is 1. The maximum atomic E-state index is 13.2. The number of amides is 1. The number of benzene rings is 1. The minimum absolute atomic E-state index is 0.109. The minimum Gasteiger partial charge on any atom is -0.448 e. The average molecular weight is 576 g/mol. The number of aryl methyl sites for hydroxylation is 1. The van der Waals surface area contributed by atoms with Crippen molar-refractivity contribution in [3.8, 4) is 11.5 Å². The van der Waals surface area contributed by atoms with Gasteiger partial charge in [-0.1, -0.05) is 11.6 Å². The first-order chi connectivity index (χ1) is 18.6. The van der Waals surface area contributed by atoms with E-state index < -0.39 is 5.79 Å². The molecular weight excluding hydrogens is 538 g/mol. The monoisotopic (exact) mass is 575 g/mol.